The average Bonchev–Trinajstić information content (AvgIpc) is 3.11. The number of rotatable bonds is 3. The van der Waals surface area contributed by atoms with Crippen molar-refractivity contribution in [3.8, 4) is 0 Å². The molecule has 2 aromatic rings. The highest BCUT2D eigenvalue weighted by Crippen LogP contribution is 2.50. The molecule has 1 aromatic carbocycles. The summed E-state index contributed by atoms with van der Waals surface area (Å²) in [5.74, 6) is -0.225. The fraction of sp³-hybridized carbons (Fsp3) is 0.389. The van der Waals surface area contributed by atoms with Gasteiger partial charge in [0.15, 0.2) is 5.69 Å². The van der Waals surface area contributed by atoms with Gasteiger partial charge in [0.05, 0.1) is 15.1 Å². The summed E-state index contributed by atoms with van der Waals surface area (Å²) < 4.78 is 82.4. The first-order valence-electron chi connectivity index (χ1n) is 8.54. The molecule has 164 valence electrons. The minimum absolute atomic E-state index is 0.0804. The van der Waals surface area contributed by atoms with Gasteiger partial charge >= 0.3 is 12.4 Å². The van der Waals surface area contributed by atoms with Crippen LogP contribution < -0.4 is 10.6 Å². The monoisotopic (exact) mass is 491 g/mol. The lowest BCUT2D eigenvalue weighted by Gasteiger charge is -2.33. The molecule has 12 heteroatoms. The summed E-state index contributed by atoms with van der Waals surface area (Å²) in [6.07, 6.45) is -9.94. The van der Waals surface area contributed by atoms with Crippen LogP contribution in [0.5, 0.6) is 0 Å². The Morgan fingerprint density at radius 2 is 1.63 bits per heavy atom. The van der Waals surface area contributed by atoms with Crippen LogP contribution in [0.15, 0.2) is 24.3 Å². The number of nitrogens with two attached hydrogens (primary N) is 1. The third kappa shape index (κ3) is 4.04. The Bertz CT molecular complexity index is 940. The fourth-order valence-electron chi connectivity index (χ4n) is 3.53. The largest absolute Gasteiger partial charge is 0.433 e. The second kappa shape index (κ2) is 7.93. The molecular weight excluding hydrogens is 479 g/mol. The number of alkyl halides is 6. The van der Waals surface area contributed by atoms with E-state index in [2.05, 4.69) is 4.98 Å². The summed E-state index contributed by atoms with van der Waals surface area (Å²) in [4.78, 5) is 4.72. The Balaban J connectivity index is 2.05. The molecule has 3 nitrogen and oxygen atoms in total. The fourth-order valence-corrected chi connectivity index (χ4v) is 4.13. The van der Waals surface area contributed by atoms with E-state index in [4.69, 9.17) is 40.5 Å². The second-order valence-electron chi connectivity index (χ2n) is 6.88. The maximum Gasteiger partial charge on any atom is 0.433 e. The maximum absolute atomic E-state index is 14.2. The highest BCUT2D eigenvalue weighted by atomic mass is 35.5. The molecule has 2 heterocycles. The van der Waals surface area contributed by atoms with Gasteiger partial charge in [0, 0.05) is 19.6 Å². The topological polar surface area (TPSA) is 42.1 Å². The molecule has 1 fully saturated rings. The first-order valence-corrected chi connectivity index (χ1v) is 9.67. The van der Waals surface area contributed by atoms with Gasteiger partial charge < -0.3 is 10.6 Å². The van der Waals surface area contributed by atoms with Gasteiger partial charge in [0.25, 0.3) is 0 Å². The van der Waals surface area contributed by atoms with E-state index >= 15 is 0 Å². The second-order valence-corrected chi connectivity index (χ2v) is 8.08. The smallest absolute Gasteiger partial charge is 0.355 e. The number of benzene rings is 1. The van der Waals surface area contributed by atoms with Crippen molar-refractivity contribution in [2.24, 2.45) is 5.73 Å². The minimum Gasteiger partial charge on any atom is -0.355 e. The average molecular weight is 493 g/mol. The zero-order valence-corrected chi connectivity index (χ0v) is 17.3. The molecule has 0 aliphatic carbocycles. The van der Waals surface area contributed by atoms with Crippen molar-refractivity contribution in [1.82, 2.24) is 4.98 Å². The molecule has 2 N–H and O–H groups in total. The number of halogens is 9. The lowest BCUT2D eigenvalue weighted by molar-refractivity contribution is -0.184. The van der Waals surface area contributed by atoms with Gasteiger partial charge in [-0.25, -0.2) is 4.98 Å². The zero-order valence-electron chi connectivity index (χ0n) is 15.0. The summed E-state index contributed by atoms with van der Waals surface area (Å²) in [5, 5.41) is -0.375. The number of nitrogens with zero attached hydrogens (tertiary/aromatic N) is 2. The van der Waals surface area contributed by atoms with Crippen molar-refractivity contribution in [2.45, 2.75) is 30.7 Å². The van der Waals surface area contributed by atoms with Crippen LogP contribution in [-0.4, -0.2) is 24.2 Å². The van der Waals surface area contributed by atoms with Crippen LogP contribution in [0.4, 0.5) is 32.2 Å². The predicted molar refractivity (Wildman–Crippen MR) is 103 cm³/mol. The first kappa shape index (κ1) is 23.2. The summed E-state index contributed by atoms with van der Waals surface area (Å²) >= 11 is 17.7. The van der Waals surface area contributed by atoms with Gasteiger partial charge in [-0.2, -0.15) is 26.3 Å². The van der Waals surface area contributed by atoms with Gasteiger partial charge in [0.1, 0.15) is 11.2 Å². The van der Waals surface area contributed by atoms with E-state index in [0.717, 1.165) is 23.1 Å². The van der Waals surface area contributed by atoms with Gasteiger partial charge in [-0.1, -0.05) is 40.9 Å². The van der Waals surface area contributed by atoms with Crippen LogP contribution in [0.1, 0.15) is 23.2 Å². The Labute approximate surface area is 182 Å². The van der Waals surface area contributed by atoms with Gasteiger partial charge in [-0.15, -0.1) is 0 Å². The van der Waals surface area contributed by atoms with Crippen molar-refractivity contribution in [3.63, 3.8) is 0 Å². The standard InChI is InChI=1S/C18H14Cl3F6N3/c19-11-5-10(6-12(20)14(11)21)16(18(25,26)27)3-4-30(8-16)13-2-1-9(7-28)15(29-13)17(22,23)24/h1-2,5-6H,3-4,7-8,28H2. The quantitative estimate of drug-likeness (QED) is 0.408. The van der Waals surface area contributed by atoms with Crippen LogP contribution in [0.2, 0.25) is 15.1 Å². The molecule has 0 bridgehead atoms. The lowest BCUT2D eigenvalue weighted by atomic mass is 9.79. The Morgan fingerprint density at radius 1 is 1.03 bits per heavy atom. The third-order valence-electron chi connectivity index (χ3n) is 5.12. The molecule has 1 aromatic heterocycles. The zero-order chi connectivity index (χ0) is 22.5. The van der Waals surface area contributed by atoms with E-state index in [1.165, 1.54) is 6.07 Å². The molecule has 0 amide bonds. The molecule has 0 spiro atoms. The molecule has 1 atom stereocenters. The Morgan fingerprint density at radius 3 is 2.13 bits per heavy atom. The van der Waals surface area contributed by atoms with E-state index in [-0.39, 0.29) is 38.6 Å². The molecular formula is C18H14Cl3F6N3. The van der Waals surface area contributed by atoms with Gasteiger partial charge in [-0.05, 0) is 35.7 Å². The van der Waals surface area contributed by atoms with Crippen LogP contribution in [0, 0.1) is 0 Å². The van der Waals surface area contributed by atoms with Crippen molar-refractivity contribution >= 4 is 40.6 Å². The van der Waals surface area contributed by atoms with E-state index in [0.29, 0.717) is 0 Å². The third-order valence-corrected chi connectivity index (χ3v) is 6.32. The molecule has 1 aliphatic rings. The lowest BCUT2D eigenvalue weighted by Crippen LogP contribution is -2.45. The number of pyridine rings is 1. The molecule has 30 heavy (non-hydrogen) atoms. The first-order chi connectivity index (χ1) is 13.8. The molecule has 1 aliphatic heterocycles. The van der Waals surface area contributed by atoms with Crippen molar-refractivity contribution in [3.05, 3.63) is 56.2 Å². The van der Waals surface area contributed by atoms with E-state index in [1.807, 2.05) is 0 Å². The summed E-state index contributed by atoms with van der Waals surface area (Å²) in [6, 6.07) is 4.51. The Kier molecular flexibility index (Phi) is 6.14. The van der Waals surface area contributed by atoms with Crippen LogP contribution >= 0.6 is 34.8 Å². The van der Waals surface area contributed by atoms with Crippen molar-refractivity contribution in [2.75, 3.05) is 18.0 Å². The number of hydrogen-bond acceptors (Lipinski definition) is 3. The summed E-state index contributed by atoms with van der Waals surface area (Å²) in [6.45, 7) is -1.24. The van der Waals surface area contributed by atoms with E-state index < -0.39 is 43.0 Å². The van der Waals surface area contributed by atoms with Crippen LogP contribution in [-0.2, 0) is 18.1 Å². The molecule has 1 saturated heterocycles. The van der Waals surface area contributed by atoms with Crippen LogP contribution in [0.25, 0.3) is 0 Å². The van der Waals surface area contributed by atoms with Gasteiger partial charge in [0.2, 0.25) is 0 Å². The number of anilines is 1. The summed E-state index contributed by atoms with van der Waals surface area (Å²) in [7, 11) is 0. The van der Waals surface area contributed by atoms with E-state index in [1.54, 1.807) is 0 Å². The minimum atomic E-state index is -4.79. The molecule has 1 unspecified atom stereocenters. The highest BCUT2D eigenvalue weighted by molar-refractivity contribution is 6.48. The SMILES string of the molecule is NCc1ccc(N2CCC(c3cc(Cl)c(Cl)c(Cl)c3)(C(F)(F)F)C2)nc1C(F)(F)F. The molecule has 0 saturated carbocycles. The van der Waals surface area contributed by atoms with E-state index in [9.17, 15) is 26.3 Å². The maximum atomic E-state index is 14.2. The number of aromatic nitrogens is 1. The summed E-state index contributed by atoms with van der Waals surface area (Å²) in [5.41, 5.74) is 1.24. The predicted octanol–water partition coefficient (Wildman–Crippen LogP) is 6.23. The molecule has 0 radical (unpaired) electrons. The number of hydrogen-bond donors (Lipinski definition) is 1. The van der Waals surface area contributed by atoms with Crippen molar-refractivity contribution in [1.29, 1.82) is 0 Å². The molecule has 3 rings (SSSR count). The normalized spacial score (nSPS) is 20.1. The van der Waals surface area contributed by atoms with Gasteiger partial charge in [-0.3, -0.25) is 0 Å². The van der Waals surface area contributed by atoms with Crippen LogP contribution in [0.3, 0.4) is 0 Å². The Hall–Kier alpha value is -1.42. The van der Waals surface area contributed by atoms with Crippen molar-refractivity contribution < 1.29 is 26.3 Å². The highest BCUT2D eigenvalue weighted by Gasteiger charge is 2.59.